The number of amides is 1. The summed E-state index contributed by atoms with van der Waals surface area (Å²) in [6.07, 6.45) is -1.30. The maximum absolute atomic E-state index is 12.6. The van der Waals surface area contributed by atoms with Crippen LogP contribution in [0, 0.1) is 10.1 Å². The minimum atomic E-state index is -3.91. The Morgan fingerprint density at radius 3 is 2.38 bits per heavy atom. The lowest BCUT2D eigenvalue weighted by Gasteiger charge is -2.14. The van der Waals surface area contributed by atoms with Crippen LogP contribution in [0.2, 0.25) is 0 Å². The SMILES string of the molecule is CC(OC(=O)c1cccc(S(=O)(=O)NCc2ccccc2)c1)C(=O)Nc1ccccc1[N+](=O)[O-]. The Kier molecular flexibility index (Phi) is 7.71. The third-order valence-corrected chi connectivity index (χ3v) is 6.10. The van der Waals surface area contributed by atoms with E-state index in [-0.39, 0.29) is 28.4 Å². The molecule has 0 aliphatic heterocycles. The van der Waals surface area contributed by atoms with E-state index in [9.17, 15) is 28.1 Å². The van der Waals surface area contributed by atoms with E-state index in [0.717, 1.165) is 11.6 Å². The maximum Gasteiger partial charge on any atom is 0.338 e. The van der Waals surface area contributed by atoms with Crippen LogP contribution in [0.25, 0.3) is 0 Å². The first-order valence-corrected chi connectivity index (χ1v) is 11.5. The summed E-state index contributed by atoms with van der Waals surface area (Å²) in [6.45, 7) is 1.37. The minimum Gasteiger partial charge on any atom is -0.449 e. The van der Waals surface area contributed by atoms with Gasteiger partial charge in [-0.3, -0.25) is 14.9 Å². The average Bonchev–Trinajstić information content (AvgIpc) is 2.83. The van der Waals surface area contributed by atoms with Crippen LogP contribution in [0.3, 0.4) is 0 Å². The molecule has 0 saturated heterocycles. The number of sulfonamides is 1. The Bertz CT molecular complexity index is 1310. The summed E-state index contributed by atoms with van der Waals surface area (Å²) in [7, 11) is -3.91. The van der Waals surface area contributed by atoms with Gasteiger partial charge in [-0.25, -0.2) is 17.9 Å². The molecule has 0 aromatic heterocycles. The van der Waals surface area contributed by atoms with Crippen LogP contribution in [0.5, 0.6) is 0 Å². The van der Waals surface area contributed by atoms with Crippen molar-refractivity contribution in [2.24, 2.45) is 0 Å². The quantitative estimate of drug-likeness (QED) is 0.270. The van der Waals surface area contributed by atoms with Gasteiger partial charge in [0.2, 0.25) is 10.0 Å². The fourth-order valence-corrected chi connectivity index (χ4v) is 3.97. The van der Waals surface area contributed by atoms with E-state index in [4.69, 9.17) is 4.74 Å². The molecule has 34 heavy (non-hydrogen) atoms. The lowest BCUT2D eigenvalue weighted by atomic mass is 10.2. The summed E-state index contributed by atoms with van der Waals surface area (Å²) >= 11 is 0. The number of nitrogens with one attached hydrogen (secondary N) is 2. The van der Waals surface area contributed by atoms with Gasteiger partial charge in [0, 0.05) is 12.6 Å². The molecule has 176 valence electrons. The molecule has 3 aromatic carbocycles. The van der Waals surface area contributed by atoms with Crippen molar-refractivity contribution in [3.63, 3.8) is 0 Å². The second-order valence-corrected chi connectivity index (χ2v) is 8.92. The zero-order chi connectivity index (χ0) is 24.7. The van der Waals surface area contributed by atoms with Crippen molar-refractivity contribution in [3.8, 4) is 0 Å². The predicted octanol–water partition coefficient (Wildman–Crippen LogP) is 3.26. The lowest BCUT2D eigenvalue weighted by Crippen LogP contribution is -2.30. The molecule has 0 aliphatic rings. The summed E-state index contributed by atoms with van der Waals surface area (Å²) in [4.78, 5) is 35.2. The molecule has 1 amide bonds. The molecule has 0 aliphatic carbocycles. The first kappa shape index (κ1) is 24.6. The number of esters is 1. The first-order valence-electron chi connectivity index (χ1n) is 10.1. The van der Waals surface area contributed by atoms with Crippen molar-refractivity contribution < 1.29 is 27.7 Å². The van der Waals surface area contributed by atoms with Gasteiger partial charge in [-0.15, -0.1) is 0 Å². The number of rotatable bonds is 9. The maximum atomic E-state index is 12.6. The predicted molar refractivity (Wildman–Crippen MR) is 124 cm³/mol. The van der Waals surface area contributed by atoms with Crippen LogP contribution in [0.1, 0.15) is 22.8 Å². The highest BCUT2D eigenvalue weighted by molar-refractivity contribution is 7.89. The molecule has 0 saturated carbocycles. The highest BCUT2D eigenvalue weighted by atomic mass is 32.2. The number of benzene rings is 3. The third kappa shape index (κ3) is 6.24. The summed E-state index contributed by atoms with van der Waals surface area (Å²) in [6, 6.07) is 19.7. The zero-order valence-electron chi connectivity index (χ0n) is 18.0. The standard InChI is InChI=1S/C23H21N3O7S/c1-16(22(27)25-20-12-5-6-13-21(20)26(29)30)33-23(28)18-10-7-11-19(14-18)34(31,32)24-15-17-8-3-2-4-9-17/h2-14,16,24H,15H2,1H3,(H,25,27). The fourth-order valence-electron chi connectivity index (χ4n) is 2.90. The summed E-state index contributed by atoms with van der Waals surface area (Å²) in [5.41, 5.74) is 0.335. The Hall–Kier alpha value is -4.09. The van der Waals surface area contributed by atoms with Crippen molar-refractivity contribution in [2.75, 3.05) is 5.32 Å². The van der Waals surface area contributed by atoms with Crippen molar-refractivity contribution >= 4 is 33.3 Å². The molecular formula is C23H21N3O7S. The van der Waals surface area contributed by atoms with Gasteiger partial charge in [-0.05, 0) is 36.8 Å². The molecule has 0 heterocycles. The van der Waals surface area contributed by atoms with E-state index in [1.807, 2.05) is 6.07 Å². The number of anilines is 1. The molecule has 10 nitrogen and oxygen atoms in total. The molecule has 1 unspecified atom stereocenters. The molecule has 0 radical (unpaired) electrons. The number of nitro groups is 1. The van der Waals surface area contributed by atoms with Crippen LogP contribution < -0.4 is 10.0 Å². The number of carbonyl (C=O) groups is 2. The van der Waals surface area contributed by atoms with Crippen LogP contribution in [-0.2, 0) is 26.1 Å². The largest absolute Gasteiger partial charge is 0.449 e. The topological polar surface area (TPSA) is 145 Å². The molecule has 0 bridgehead atoms. The van der Waals surface area contributed by atoms with Gasteiger partial charge in [-0.1, -0.05) is 48.5 Å². The molecular weight excluding hydrogens is 462 g/mol. The monoisotopic (exact) mass is 483 g/mol. The number of ether oxygens (including phenoxy) is 1. The van der Waals surface area contributed by atoms with Crippen molar-refractivity contribution in [1.29, 1.82) is 0 Å². The van der Waals surface area contributed by atoms with Crippen LogP contribution >= 0.6 is 0 Å². The van der Waals surface area contributed by atoms with Crippen LogP contribution in [0.4, 0.5) is 11.4 Å². The number of hydrogen-bond donors (Lipinski definition) is 2. The number of nitrogens with zero attached hydrogens (tertiary/aromatic N) is 1. The number of carbonyl (C=O) groups excluding carboxylic acids is 2. The first-order chi connectivity index (χ1) is 16.2. The van der Waals surface area contributed by atoms with E-state index < -0.39 is 32.9 Å². The minimum absolute atomic E-state index is 0.0435. The van der Waals surface area contributed by atoms with Crippen molar-refractivity contribution in [2.45, 2.75) is 24.5 Å². The normalized spacial score (nSPS) is 11.9. The summed E-state index contributed by atoms with van der Waals surface area (Å²) in [5.74, 6) is -1.71. The lowest BCUT2D eigenvalue weighted by molar-refractivity contribution is -0.383. The fraction of sp³-hybridized carbons (Fsp3) is 0.130. The Morgan fingerprint density at radius 2 is 1.68 bits per heavy atom. The van der Waals surface area contributed by atoms with Gasteiger partial charge < -0.3 is 10.1 Å². The Labute approximate surface area is 195 Å². The van der Waals surface area contributed by atoms with Crippen LogP contribution in [-0.4, -0.2) is 31.3 Å². The van der Waals surface area contributed by atoms with E-state index in [1.54, 1.807) is 24.3 Å². The van der Waals surface area contributed by atoms with E-state index in [2.05, 4.69) is 10.0 Å². The van der Waals surface area contributed by atoms with Gasteiger partial charge in [0.25, 0.3) is 11.6 Å². The molecule has 2 N–H and O–H groups in total. The molecule has 3 aromatic rings. The average molecular weight is 484 g/mol. The Morgan fingerprint density at radius 1 is 1.00 bits per heavy atom. The van der Waals surface area contributed by atoms with E-state index in [0.29, 0.717) is 0 Å². The van der Waals surface area contributed by atoms with Crippen LogP contribution in [0.15, 0.2) is 83.8 Å². The second kappa shape index (κ2) is 10.7. The Balaban J connectivity index is 1.66. The second-order valence-electron chi connectivity index (χ2n) is 7.15. The molecule has 11 heteroatoms. The molecule has 0 fully saturated rings. The molecule has 1 atom stereocenters. The summed E-state index contributed by atoms with van der Waals surface area (Å²) < 4.78 is 32.8. The highest BCUT2D eigenvalue weighted by Crippen LogP contribution is 2.23. The van der Waals surface area contributed by atoms with E-state index >= 15 is 0 Å². The van der Waals surface area contributed by atoms with Gasteiger partial charge in [-0.2, -0.15) is 0 Å². The number of hydrogen-bond acceptors (Lipinski definition) is 7. The molecule has 0 spiro atoms. The van der Waals surface area contributed by atoms with Crippen molar-refractivity contribution in [1.82, 2.24) is 4.72 Å². The van der Waals surface area contributed by atoms with Crippen molar-refractivity contribution in [3.05, 3.63) is 100 Å². The number of nitro benzene ring substituents is 1. The van der Waals surface area contributed by atoms with Gasteiger partial charge in [0.05, 0.1) is 15.4 Å². The summed E-state index contributed by atoms with van der Waals surface area (Å²) in [5, 5.41) is 13.4. The zero-order valence-corrected chi connectivity index (χ0v) is 18.8. The highest BCUT2D eigenvalue weighted by Gasteiger charge is 2.23. The van der Waals surface area contributed by atoms with Gasteiger partial charge in [0.1, 0.15) is 5.69 Å². The molecule has 3 rings (SSSR count). The van der Waals surface area contributed by atoms with Gasteiger partial charge in [0.15, 0.2) is 6.10 Å². The van der Waals surface area contributed by atoms with E-state index in [1.165, 1.54) is 49.4 Å². The number of para-hydroxylation sites is 2. The third-order valence-electron chi connectivity index (χ3n) is 4.70. The smallest absolute Gasteiger partial charge is 0.338 e. The van der Waals surface area contributed by atoms with Gasteiger partial charge >= 0.3 is 5.97 Å².